The van der Waals surface area contributed by atoms with Gasteiger partial charge in [0, 0.05) is 19.3 Å². The predicted molar refractivity (Wildman–Crippen MR) is 88.4 cm³/mol. The molecule has 6 heteroatoms. The molecular weight excluding hydrogens is 311 g/mol. The van der Waals surface area contributed by atoms with E-state index in [0.29, 0.717) is 29.1 Å². The van der Waals surface area contributed by atoms with Crippen LogP contribution in [0.5, 0.6) is 0 Å². The zero-order valence-corrected chi connectivity index (χ0v) is 14.3. The molecule has 0 bridgehead atoms. The van der Waals surface area contributed by atoms with Gasteiger partial charge in [-0.15, -0.1) is 0 Å². The van der Waals surface area contributed by atoms with Gasteiger partial charge in [0.05, 0.1) is 12.2 Å². The van der Waals surface area contributed by atoms with Crippen LogP contribution in [-0.2, 0) is 11.3 Å². The minimum atomic E-state index is -0.441. The molecule has 1 heterocycles. The van der Waals surface area contributed by atoms with Gasteiger partial charge in [0.15, 0.2) is 0 Å². The number of benzene rings is 1. The monoisotopic (exact) mass is 332 g/mol. The van der Waals surface area contributed by atoms with Crippen LogP contribution < -0.4 is 0 Å². The molecule has 0 radical (unpaired) electrons. The van der Waals surface area contributed by atoms with E-state index in [-0.39, 0.29) is 18.3 Å². The fraction of sp³-hybridized carbons (Fsp3) is 0.333. The topological polar surface area (TPSA) is 62.4 Å². The molecule has 0 aliphatic heterocycles. The maximum absolute atomic E-state index is 13.0. The van der Waals surface area contributed by atoms with Crippen molar-refractivity contribution in [1.29, 1.82) is 0 Å². The van der Waals surface area contributed by atoms with Crippen molar-refractivity contribution in [2.75, 3.05) is 13.7 Å². The van der Waals surface area contributed by atoms with Crippen LogP contribution in [0.4, 0.5) is 4.39 Å². The molecule has 0 atom stereocenters. The lowest BCUT2D eigenvalue weighted by molar-refractivity contribution is 0.0525. The molecule has 0 saturated heterocycles. The van der Waals surface area contributed by atoms with Gasteiger partial charge in [0.2, 0.25) is 0 Å². The Hall–Kier alpha value is -2.63. The molecule has 1 aromatic carbocycles. The number of rotatable bonds is 5. The number of aryl methyl sites for hydroxylation is 1. The molecule has 1 N–H and O–H groups in total. The van der Waals surface area contributed by atoms with E-state index in [9.17, 15) is 14.0 Å². The Morgan fingerprint density at radius 1 is 1.21 bits per heavy atom. The quantitative estimate of drug-likeness (QED) is 0.855. The van der Waals surface area contributed by atoms with E-state index in [2.05, 4.69) is 4.98 Å². The number of carbonyl (C=O) groups excluding carboxylic acids is 2. The summed E-state index contributed by atoms with van der Waals surface area (Å²) in [4.78, 5) is 29.2. The summed E-state index contributed by atoms with van der Waals surface area (Å²) in [6.07, 6.45) is 0. The van der Waals surface area contributed by atoms with Crippen molar-refractivity contribution in [3.05, 3.63) is 58.2 Å². The first-order chi connectivity index (χ1) is 11.3. The summed E-state index contributed by atoms with van der Waals surface area (Å²) < 4.78 is 18.0. The van der Waals surface area contributed by atoms with Crippen molar-refractivity contribution in [3.63, 3.8) is 0 Å². The Bertz CT molecular complexity index is 750. The molecular formula is C18H21FN2O3. The molecule has 5 nitrogen and oxygen atoms in total. The Balaban J connectivity index is 2.21. The first kappa shape index (κ1) is 17.7. The summed E-state index contributed by atoms with van der Waals surface area (Å²) in [7, 11) is 1.66. The third kappa shape index (κ3) is 3.64. The van der Waals surface area contributed by atoms with Crippen molar-refractivity contribution in [3.8, 4) is 0 Å². The molecule has 0 spiro atoms. The number of aromatic nitrogens is 1. The highest BCUT2D eigenvalue weighted by atomic mass is 19.1. The minimum Gasteiger partial charge on any atom is -0.462 e. The van der Waals surface area contributed by atoms with Crippen molar-refractivity contribution in [2.24, 2.45) is 0 Å². The Morgan fingerprint density at radius 2 is 1.83 bits per heavy atom. The lowest BCUT2D eigenvalue weighted by atomic mass is 10.1. The second-order valence-corrected chi connectivity index (χ2v) is 5.63. The lowest BCUT2D eigenvalue weighted by Crippen LogP contribution is -2.27. The van der Waals surface area contributed by atoms with E-state index in [0.717, 1.165) is 5.56 Å². The van der Waals surface area contributed by atoms with E-state index in [4.69, 9.17) is 4.74 Å². The number of aromatic amines is 1. The van der Waals surface area contributed by atoms with Crippen LogP contribution in [0.3, 0.4) is 0 Å². The maximum atomic E-state index is 13.0. The average molecular weight is 332 g/mol. The van der Waals surface area contributed by atoms with Crippen molar-refractivity contribution in [2.45, 2.75) is 27.3 Å². The molecule has 0 aliphatic carbocycles. The summed E-state index contributed by atoms with van der Waals surface area (Å²) in [5.74, 6) is -0.998. The van der Waals surface area contributed by atoms with Gasteiger partial charge >= 0.3 is 5.97 Å². The van der Waals surface area contributed by atoms with Crippen LogP contribution in [0.1, 0.15) is 44.6 Å². The fourth-order valence-corrected chi connectivity index (χ4v) is 2.60. The molecule has 0 fully saturated rings. The number of nitrogens with zero attached hydrogens (tertiary/aromatic N) is 1. The number of esters is 1. The zero-order chi connectivity index (χ0) is 17.9. The molecule has 128 valence electrons. The first-order valence-corrected chi connectivity index (χ1v) is 7.71. The van der Waals surface area contributed by atoms with Crippen LogP contribution in [0.2, 0.25) is 0 Å². The van der Waals surface area contributed by atoms with Crippen LogP contribution in [0.25, 0.3) is 0 Å². The number of H-pyrrole nitrogens is 1. The minimum absolute atomic E-state index is 0.240. The summed E-state index contributed by atoms with van der Waals surface area (Å²) in [6, 6.07) is 5.99. The summed E-state index contributed by atoms with van der Waals surface area (Å²) in [6.45, 7) is 5.80. The SMILES string of the molecule is CCOC(=O)c1c(C)[nH]c(C(=O)N(C)Cc2ccc(F)cc2)c1C. The van der Waals surface area contributed by atoms with Gasteiger partial charge in [-0.2, -0.15) is 0 Å². The normalized spacial score (nSPS) is 10.5. The molecule has 0 unspecified atom stereocenters. The van der Waals surface area contributed by atoms with E-state index < -0.39 is 5.97 Å². The van der Waals surface area contributed by atoms with Crippen molar-refractivity contribution >= 4 is 11.9 Å². The summed E-state index contributed by atoms with van der Waals surface area (Å²) in [5, 5.41) is 0. The smallest absolute Gasteiger partial charge is 0.340 e. The number of hydrogen-bond donors (Lipinski definition) is 1. The van der Waals surface area contributed by atoms with Gasteiger partial charge in [0.1, 0.15) is 11.5 Å². The Morgan fingerprint density at radius 3 is 2.42 bits per heavy atom. The fourth-order valence-electron chi connectivity index (χ4n) is 2.60. The first-order valence-electron chi connectivity index (χ1n) is 7.71. The largest absolute Gasteiger partial charge is 0.462 e. The van der Waals surface area contributed by atoms with Gasteiger partial charge in [-0.25, -0.2) is 9.18 Å². The number of halogens is 1. The van der Waals surface area contributed by atoms with E-state index in [1.807, 2.05) is 0 Å². The predicted octanol–water partition coefficient (Wildman–Crippen LogP) is 3.22. The molecule has 0 aliphatic rings. The standard InChI is InChI=1S/C18H21FN2O3/c1-5-24-18(23)15-11(2)16(20-12(15)3)17(22)21(4)10-13-6-8-14(19)9-7-13/h6-9,20H,5,10H2,1-4H3. The number of amides is 1. The van der Waals surface area contributed by atoms with Crippen molar-refractivity contribution < 1.29 is 18.7 Å². The Kier molecular flexibility index (Phi) is 5.39. The number of nitrogens with one attached hydrogen (secondary N) is 1. The number of carbonyl (C=O) groups is 2. The van der Waals surface area contributed by atoms with Gasteiger partial charge in [-0.3, -0.25) is 4.79 Å². The van der Waals surface area contributed by atoms with E-state index in [1.165, 1.54) is 17.0 Å². The van der Waals surface area contributed by atoms with E-state index >= 15 is 0 Å². The summed E-state index contributed by atoms with van der Waals surface area (Å²) in [5.41, 5.74) is 2.75. The van der Waals surface area contributed by atoms with Gasteiger partial charge in [0.25, 0.3) is 5.91 Å². The average Bonchev–Trinajstić information content (AvgIpc) is 2.83. The molecule has 24 heavy (non-hydrogen) atoms. The molecule has 2 aromatic rings. The highest BCUT2D eigenvalue weighted by molar-refractivity contribution is 6.00. The number of hydrogen-bond acceptors (Lipinski definition) is 3. The van der Waals surface area contributed by atoms with Crippen molar-refractivity contribution in [1.82, 2.24) is 9.88 Å². The molecule has 2 rings (SSSR count). The van der Waals surface area contributed by atoms with E-state index in [1.54, 1.807) is 40.0 Å². The third-order valence-electron chi connectivity index (χ3n) is 3.81. The van der Waals surface area contributed by atoms with Crippen LogP contribution in [-0.4, -0.2) is 35.4 Å². The highest BCUT2D eigenvalue weighted by Gasteiger charge is 2.24. The van der Waals surface area contributed by atoms with Crippen LogP contribution >= 0.6 is 0 Å². The van der Waals surface area contributed by atoms with Crippen LogP contribution in [0, 0.1) is 19.7 Å². The lowest BCUT2D eigenvalue weighted by Gasteiger charge is -2.17. The second-order valence-electron chi connectivity index (χ2n) is 5.63. The van der Waals surface area contributed by atoms with Gasteiger partial charge < -0.3 is 14.6 Å². The summed E-state index contributed by atoms with van der Waals surface area (Å²) >= 11 is 0. The van der Waals surface area contributed by atoms with Gasteiger partial charge in [-0.1, -0.05) is 12.1 Å². The second kappa shape index (κ2) is 7.29. The van der Waals surface area contributed by atoms with Gasteiger partial charge in [-0.05, 0) is 44.0 Å². The molecule has 0 saturated carbocycles. The van der Waals surface area contributed by atoms with Crippen LogP contribution in [0.15, 0.2) is 24.3 Å². The maximum Gasteiger partial charge on any atom is 0.340 e. The number of ether oxygens (including phenoxy) is 1. The highest BCUT2D eigenvalue weighted by Crippen LogP contribution is 2.21. The Labute approximate surface area is 140 Å². The molecule has 1 amide bonds. The third-order valence-corrected chi connectivity index (χ3v) is 3.81. The molecule has 1 aromatic heterocycles. The zero-order valence-electron chi connectivity index (χ0n) is 14.3.